The molecule has 0 bridgehead atoms. The number of hydrogen-bond donors (Lipinski definition) is 3. The number of benzene rings is 2. The van der Waals surface area contributed by atoms with E-state index >= 15 is 0 Å². The Hall–Kier alpha value is -2.66. The van der Waals surface area contributed by atoms with Crippen LogP contribution in [0, 0.1) is 17.2 Å². The highest BCUT2D eigenvalue weighted by Gasteiger charge is 2.38. The van der Waals surface area contributed by atoms with Crippen LogP contribution in [-0.4, -0.2) is 46.4 Å². The average Bonchev–Trinajstić information content (AvgIpc) is 3.02. The number of amidine groups is 1. The van der Waals surface area contributed by atoms with Crippen molar-refractivity contribution >= 4 is 11.6 Å². The van der Waals surface area contributed by atoms with E-state index in [1.165, 1.54) is 0 Å². The number of nitrogens with one attached hydrogen (secondary N) is 1. The second-order valence-electron chi connectivity index (χ2n) is 11.3. The topological polar surface area (TPSA) is 84.6 Å². The maximum absolute atomic E-state index is 13.4. The molecule has 5 nitrogen and oxygen atoms in total. The second-order valence-corrected chi connectivity index (χ2v) is 11.3. The summed E-state index contributed by atoms with van der Waals surface area (Å²) in [5, 5.41) is 29.6. The molecule has 2 atom stereocenters. The van der Waals surface area contributed by atoms with Gasteiger partial charge in [0, 0.05) is 41.7 Å². The molecule has 0 amide bonds. The first-order valence-electron chi connectivity index (χ1n) is 11.7. The number of phenols is 1. The molecule has 2 aromatic rings. The van der Waals surface area contributed by atoms with Crippen molar-refractivity contribution in [2.45, 2.75) is 58.8 Å². The summed E-state index contributed by atoms with van der Waals surface area (Å²) in [6.07, 6.45) is 0.678. The van der Waals surface area contributed by atoms with E-state index in [1.54, 1.807) is 17.0 Å². The lowest BCUT2D eigenvalue weighted by molar-refractivity contribution is 0.0959. The van der Waals surface area contributed by atoms with E-state index in [-0.39, 0.29) is 47.4 Å². The fraction of sp³-hybridized carbons (Fsp3) is 0.500. The monoisotopic (exact) mass is 450 g/mol. The van der Waals surface area contributed by atoms with Gasteiger partial charge < -0.3 is 15.1 Å². The molecule has 5 heteroatoms. The van der Waals surface area contributed by atoms with E-state index in [2.05, 4.69) is 0 Å². The van der Waals surface area contributed by atoms with Crippen molar-refractivity contribution in [1.29, 1.82) is 5.41 Å². The third-order valence-corrected chi connectivity index (χ3v) is 6.63. The Balaban J connectivity index is 1.87. The lowest BCUT2D eigenvalue weighted by atomic mass is 9.78. The number of aliphatic hydroxyl groups excluding tert-OH is 1. The van der Waals surface area contributed by atoms with Crippen LogP contribution in [0.1, 0.15) is 68.6 Å². The largest absolute Gasteiger partial charge is 0.507 e. The molecule has 0 aromatic heterocycles. The number of aliphatic hydroxyl groups is 1. The summed E-state index contributed by atoms with van der Waals surface area (Å²) in [7, 11) is 0. The van der Waals surface area contributed by atoms with Gasteiger partial charge in [0.05, 0.1) is 6.54 Å². The van der Waals surface area contributed by atoms with Crippen LogP contribution in [0.15, 0.2) is 42.5 Å². The fourth-order valence-corrected chi connectivity index (χ4v) is 4.64. The van der Waals surface area contributed by atoms with Gasteiger partial charge in [0.2, 0.25) is 0 Å². The number of rotatable bonds is 6. The normalized spacial score (nSPS) is 19.2. The van der Waals surface area contributed by atoms with Gasteiger partial charge in [0.15, 0.2) is 5.78 Å². The summed E-state index contributed by atoms with van der Waals surface area (Å²) in [6, 6.07) is 13.6. The minimum Gasteiger partial charge on any atom is -0.507 e. The van der Waals surface area contributed by atoms with Crippen molar-refractivity contribution in [3.63, 3.8) is 0 Å². The Bertz CT molecular complexity index is 981. The SMILES string of the molecule is CC(C)(C)c1cc(C(=O)CN2C[C@H](CO)[C@@H](Cc3ccccc3)C2=N)cc(C(C)(C)C)c1O. The van der Waals surface area contributed by atoms with Gasteiger partial charge >= 0.3 is 0 Å². The summed E-state index contributed by atoms with van der Waals surface area (Å²) in [5.74, 6) is 0.412. The van der Waals surface area contributed by atoms with Gasteiger partial charge in [-0.3, -0.25) is 10.2 Å². The van der Waals surface area contributed by atoms with Crippen LogP contribution in [-0.2, 0) is 17.3 Å². The molecule has 2 aromatic carbocycles. The van der Waals surface area contributed by atoms with Crippen molar-refractivity contribution in [3.8, 4) is 5.75 Å². The van der Waals surface area contributed by atoms with E-state index in [1.807, 2.05) is 71.9 Å². The Morgan fingerprint density at radius 3 is 2.06 bits per heavy atom. The molecule has 1 aliphatic heterocycles. The van der Waals surface area contributed by atoms with Crippen molar-refractivity contribution in [1.82, 2.24) is 4.90 Å². The number of ketones is 1. The molecule has 1 heterocycles. The van der Waals surface area contributed by atoms with Crippen molar-refractivity contribution < 1.29 is 15.0 Å². The zero-order valence-electron chi connectivity index (χ0n) is 20.8. The molecule has 33 heavy (non-hydrogen) atoms. The Morgan fingerprint density at radius 2 is 1.58 bits per heavy atom. The van der Waals surface area contributed by atoms with Gasteiger partial charge in [-0.1, -0.05) is 71.9 Å². The molecule has 1 saturated heterocycles. The Labute approximate surface area is 198 Å². The van der Waals surface area contributed by atoms with Crippen LogP contribution in [0.4, 0.5) is 0 Å². The third kappa shape index (κ3) is 5.47. The van der Waals surface area contributed by atoms with Gasteiger partial charge in [0.1, 0.15) is 11.6 Å². The highest BCUT2D eigenvalue weighted by atomic mass is 16.3. The van der Waals surface area contributed by atoms with Gasteiger partial charge in [-0.05, 0) is 34.9 Å². The van der Waals surface area contributed by atoms with Crippen LogP contribution in [0.3, 0.4) is 0 Å². The van der Waals surface area contributed by atoms with Crippen LogP contribution in [0.5, 0.6) is 5.75 Å². The van der Waals surface area contributed by atoms with Gasteiger partial charge in [-0.15, -0.1) is 0 Å². The number of aromatic hydroxyl groups is 1. The van der Waals surface area contributed by atoms with Gasteiger partial charge in [-0.2, -0.15) is 0 Å². The fourth-order valence-electron chi connectivity index (χ4n) is 4.64. The zero-order valence-corrected chi connectivity index (χ0v) is 20.8. The summed E-state index contributed by atoms with van der Waals surface area (Å²) in [6.45, 7) is 12.7. The first-order valence-corrected chi connectivity index (χ1v) is 11.7. The maximum Gasteiger partial charge on any atom is 0.182 e. The number of nitrogens with zero attached hydrogens (tertiary/aromatic N) is 1. The maximum atomic E-state index is 13.4. The number of hydrogen-bond acceptors (Lipinski definition) is 4. The Kier molecular flexibility index (Phi) is 7.04. The van der Waals surface area contributed by atoms with Gasteiger partial charge in [-0.25, -0.2) is 0 Å². The smallest absolute Gasteiger partial charge is 0.182 e. The zero-order chi connectivity index (χ0) is 24.6. The minimum atomic E-state index is -0.316. The molecule has 0 radical (unpaired) electrons. The van der Waals surface area contributed by atoms with E-state index in [0.717, 1.165) is 16.7 Å². The lowest BCUT2D eigenvalue weighted by Gasteiger charge is -2.28. The van der Waals surface area contributed by atoms with Crippen LogP contribution in [0.2, 0.25) is 0 Å². The highest BCUT2D eigenvalue weighted by Crippen LogP contribution is 2.40. The summed E-state index contributed by atoms with van der Waals surface area (Å²) < 4.78 is 0. The highest BCUT2D eigenvalue weighted by molar-refractivity contribution is 6.01. The molecule has 0 aliphatic carbocycles. The second kappa shape index (κ2) is 9.30. The summed E-state index contributed by atoms with van der Waals surface area (Å²) in [5.41, 5.74) is 2.56. The first kappa shape index (κ1) is 25.0. The lowest BCUT2D eigenvalue weighted by Crippen LogP contribution is -2.33. The number of carbonyl (C=O) groups excluding carboxylic acids is 1. The van der Waals surface area contributed by atoms with E-state index in [4.69, 9.17) is 5.41 Å². The molecular formula is C28H38N2O3. The average molecular weight is 451 g/mol. The van der Waals surface area contributed by atoms with Crippen molar-refractivity contribution in [2.24, 2.45) is 11.8 Å². The predicted octanol–water partition coefficient (Wildman–Crippen LogP) is 4.93. The molecule has 0 saturated carbocycles. The quantitative estimate of drug-likeness (QED) is 0.545. The first-order chi connectivity index (χ1) is 15.3. The summed E-state index contributed by atoms with van der Waals surface area (Å²) >= 11 is 0. The number of likely N-dealkylation sites (tertiary alicyclic amines) is 1. The number of phenolic OH excluding ortho intramolecular Hbond substituents is 1. The van der Waals surface area contributed by atoms with Crippen LogP contribution in [0.25, 0.3) is 0 Å². The van der Waals surface area contributed by atoms with Crippen molar-refractivity contribution in [2.75, 3.05) is 19.7 Å². The van der Waals surface area contributed by atoms with E-state index < -0.39 is 0 Å². The molecule has 0 spiro atoms. The van der Waals surface area contributed by atoms with E-state index in [0.29, 0.717) is 24.4 Å². The number of carbonyl (C=O) groups is 1. The standard InChI is InChI=1S/C28H38N2O3/c1-27(2,3)22-13-19(14-23(25(22)33)28(4,5)6)24(32)16-30-15-20(17-31)21(26(30)29)12-18-10-8-7-9-11-18/h7-11,13-14,20-21,29,31,33H,12,15-17H2,1-6H3/t20-,21-/m1/s1. The Morgan fingerprint density at radius 1 is 1.03 bits per heavy atom. The van der Waals surface area contributed by atoms with Crippen LogP contribution >= 0.6 is 0 Å². The predicted molar refractivity (Wildman–Crippen MR) is 133 cm³/mol. The third-order valence-electron chi connectivity index (χ3n) is 6.63. The molecule has 1 fully saturated rings. The van der Waals surface area contributed by atoms with E-state index in [9.17, 15) is 15.0 Å². The van der Waals surface area contributed by atoms with Crippen molar-refractivity contribution in [3.05, 3.63) is 64.7 Å². The van der Waals surface area contributed by atoms with Crippen LogP contribution < -0.4 is 0 Å². The molecular weight excluding hydrogens is 412 g/mol. The summed E-state index contributed by atoms with van der Waals surface area (Å²) in [4.78, 5) is 15.2. The molecule has 3 N–H and O–H groups in total. The molecule has 0 unspecified atom stereocenters. The number of Topliss-reactive ketones (excluding diaryl/α,β-unsaturated/α-hetero) is 1. The molecule has 1 aliphatic rings. The molecule has 3 rings (SSSR count). The molecule has 178 valence electrons. The minimum absolute atomic E-state index is 0.00781. The van der Waals surface area contributed by atoms with Gasteiger partial charge in [0.25, 0.3) is 0 Å².